The molecule has 4 unspecified atom stereocenters. The number of hydrogen-bond acceptors (Lipinski definition) is 3. The third kappa shape index (κ3) is 2.96. The van der Waals surface area contributed by atoms with E-state index in [0.29, 0.717) is 24.0 Å². The molecule has 3 nitrogen and oxygen atoms in total. The lowest BCUT2D eigenvalue weighted by molar-refractivity contribution is 0.103. The van der Waals surface area contributed by atoms with Gasteiger partial charge in [0.25, 0.3) is 0 Å². The first kappa shape index (κ1) is 12.3. The van der Waals surface area contributed by atoms with E-state index in [1.54, 1.807) is 0 Å². The third-order valence-electron chi connectivity index (χ3n) is 4.39. The minimum atomic E-state index is 0.437. The standard InChI is InChI=1S/C13H26N2O/c1-10-12(6-7-16-10)9-15-13-5-3-2-4-11(13)8-14/h10-13,15H,2-9,14H2,1H3. The van der Waals surface area contributed by atoms with E-state index in [9.17, 15) is 0 Å². The van der Waals surface area contributed by atoms with Gasteiger partial charge in [0.1, 0.15) is 0 Å². The molecule has 2 aliphatic rings. The Labute approximate surface area is 99.1 Å². The highest BCUT2D eigenvalue weighted by Gasteiger charge is 2.27. The SMILES string of the molecule is CC1OCCC1CNC1CCCCC1CN. The monoisotopic (exact) mass is 226 g/mol. The Bertz CT molecular complexity index is 210. The van der Waals surface area contributed by atoms with E-state index >= 15 is 0 Å². The fourth-order valence-corrected chi connectivity index (χ4v) is 3.11. The Morgan fingerprint density at radius 2 is 2.00 bits per heavy atom. The van der Waals surface area contributed by atoms with Crippen LogP contribution in [0.15, 0.2) is 0 Å². The highest BCUT2D eigenvalue weighted by molar-refractivity contribution is 4.84. The Morgan fingerprint density at radius 1 is 1.19 bits per heavy atom. The zero-order valence-electron chi connectivity index (χ0n) is 10.5. The topological polar surface area (TPSA) is 47.3 Å². The van der Waals surface area contributed by atoms with Crippen LogP contribution >= 0.6 is 0 Å². The molecule has 3 heteroatoms. The lowest BCUT2D eigenvalue weighted by Gasteiger charge is -2.32. The molecule has 1 aliphatic heterocycles. The second-order valence-electron chi connectivity index (χ2n) is 5.42. The van der Waals surface area contributed by atoms with Gasteiger partial charge in [-0.2, -0.15) is 0 Å². The van der Waals surface area contributed by atoms with Gasteiger partial charge in [-0.15, -0.1) is 0 Å². The van der Waals surface area contributed by atoms with E-state index in [2.05, 4.69) is 12.2 Å². The van der Waals surface area contributed by atoms with Crippen LogP contribution in [0, 0.1) is 11.8 Å². The van der Waals surface area contributed by atoms with E-state index in [0.717, 1.165) is 19.7 Å². The summed E-state index contributed by atoms with van der Waals surface area (Å²) in [5.41, 5.74) is 5.84. The van der Waals surface area contributed by atoms with Gasteiger partial charge < -0.3 is 15.8 Å². The zero-order valence-corrected chi connectivity index (χ0v) is 10.5. The fraction of sp³-hybridized carbons (Fsp3) is 1.00. The minimum absolute atomic E-state index is 0.437. The molecule has 2 rings (SSSR count). The van der Waals surface area contributed by atoms with Crippen LogP contribution < -0.4 is 11.1 Å². The maximum atomic E-state index is 5.84. The van der Waals surface area contributed by atoms with Crippen LogP contribution in [0.25, 0.3) is 0 Å². The lowest BCUT2D eigenvalue weighted by Crippen LogP contribution is -2.44. The van der Waals surface area contributed by atoms with Crippen molar-refractivity contribution in [2.75, 3.05) is 19.7 Å². The van der Waals surface area contributed by atoms with E-state index in [-0.39, 0.29) is 0 Å². The van der Waals surface area contributed by atoms with Gasteiger partial charge in [0.05, 0.1) is 6.10 Å². The molecule has 3 N–H and O–H groups in total. The molecule has 0 amide bonds. The summed E-state index contributed by atoms with van der Waals surface area (Å²) in [5, 5.41) is 3.73. The van der Waals surface area contributed by atoms with Crippen molar-refractivity contribution in [2.45, 2.75) is 51.2 Å². The molecule has 16 heavy (non-hydrogen) atoms. The largest absolute Gasteiger partial charge is 0.378 e. The third-order valence-corrected chi connectivity index (χ3v) is 4.39. The minimum Gasteiger partial charge on any atom is -0.378 e. The molecule has 2 fully saturated rings. The molecular formula is C13H26N2O. The summed E-state index contributed by atoms with van der Waals surface area (Å²) in [4.78, 5) is 0. The Balaban J connectivity index is 1.75. The molecule has 4 atom stereocenters. The van der Waals surface area contributed by atoms with Gasteiger partial charge in [0.2, 0.25) is 0 Å². The second kappa shape index (κ2) is 5.99. The van der Waals surface area contributed by atoms with Crippen molar-refractivity contribution in [1.29, 1.82) is 0 Å². The number of hydrogen-bond donors (Lipinski definition) is 2. The maximum absolute atomic E-state index is 5.84. The van der Waals surface area contributed by atoms with Crippen LogP contribution in [0.1, 0.15) is 39.0 Å². The number of nitrogens with two attached hydrogens (primary N) is 1. The first-order valence-electron chi connectivity index (χ1n) is 6.86. The molecule has 1 heterocycles. The van der Waals surface area contributed by atoms with Gasteiger partial charge in [-0.3, -0.25) is 0 Å². The number of ether oxygens (including phenoxy) is 1. The summed E-state index contributed by atoms with van der Waals surface area (Å²) in [5.74, 6) is 1.41. The summed E-state index contributed by atoms with van der Waals surface area (Å²) < 4.78 is 5.59. The van der Waals surface area contributed by atoms with E-state index in [1.807, 2.05) is 0 Å². The van der Waals surface area contributed by atoms with Crippen molar-refractivity contribution in [1.82, 2.24) is 5.32 Å². The summed E-state index contributed by atoms with van der Waals surface area (Å²) in [6, 6.07) is 0.659. The van der Waals surface area contributed by atoms with Gasteiger partial charge in [-0.05, 0) is 44.6 Å². The van der Waals surface area contributed by atoms with Crippen LogP contribution in [-0.4, -0.2) is 31.8 Å². The van der Waals surface area contributed by atoms with Crippen molar-refractivity contribution in [3.8, 4) is 0 Å². The zero-order chi connectivity index (χ0) is 11.4. The second-order valence-corrected chi connectivity index (χ2v) is 5.42. The molecule has 0 radical (unpaired) electrons. The predicted octanol–water partition coefficient (Wildman–Crippen LogP) is 1.52. The molecule has 1 aliphatic carbocycles. The van der Waals surface area contributed by atoms with Crippen LogP contribution in [0.2, 0.25) is 0 Å². The van der Waals surface area contributed by atoms with Crippen LogP contribution in [-0.2, 0) is 4.74 Å². The molecule has 0 aromatic carbocycles. The normalized spacial score (nSPS) is 40.1. The summed E-state index contributed by atoms with van der Waals surface area (Å²) in [6.07, 6.45) is 7.00. The average Bonchev–Trinajstić information content (AvgIpc) is 2.72. The van der Waals surface area contributed by atoms with Crippen LogP contribution in [0.5, 0.6) is 0 Å². The van der Waals surface area contributed by atoms with Crippen molar-refractivity contribution >= 4 is 0 Å². The number of rotatable bonds is 4. The predicted molar refractivity (Wildman–Crippen MR) is 66.3 cm³/mol. The van der Waals surface area contributed by atoms with Crippen LogP contribution in [0.4, 0.5) is 0 Å². The van der Waals surface area contributed by atoms with Gasteiger partial charge in [0, 0.05) is 19.2 Å². The van der Waals surface area contributed by atoms with E-state index < -0.39 is 0 Å². The first-order chi connectivity index (χ1) is 7.81. The van der Waals surface area contributed by atoms with Crippen molar-refractivity contribution < 1.29 is 4.74 Å². The van der Waals surface area contributed by atoms with Crippen molar-refractivity contribution in [3.63, 3.8) is 0 Å². The van der Waals surface area contributed by atoms with Gasteiger partial charge >= 0.3 is 0 Å². The maximum Gasteiger partial charge on any atom is 0.0588 e. The summed E-state index contributed by atoms with van der Waals surface area (Å²) >= 11 is 0. The summed E-state index contributed by atoms with van der Waals surface area (Å²) in [7, 11) is 0. The Kier molecular flexibility index (Phi) is 4.62. The molecule has 0 aromatic heterocycles. The van der Waals surface area contributed by atoms with E-state index in [1.165, 1.54) is 32.1 Å². The average molecular weight is 226 g/mol. The molecule has 94 valence electrons. The highest BCUT2D eigenvalue weighted by Crippen LogP contribution is 2.25. The smallest absolute Gasteiger partial charge is 0.0588 e. The lowest BCUT2D eigenvalue weighted by atomic mass is 9.84. The van der Waals surface area contributed by atoms with Gasteiger partial charge in [0.15, 0.2) is 0 Å². The summed E-state index contributed by atoms with van der Waals surface area (Å²) in [6.45, 7) is 5.09. The highest BCUT2D eigenvalue weighted by atomic mass is 16.5. The molecule has 0 bridgehead atoms. The molecule has 0 spiro atoms. The Hall–Kier alpha value is -0.120. The molecule has 0 aromatic rings. The van der Waals surface area contributed by atoms with Crippen LogP contribution in [0.3, 0.4) is 0 Å². The van der Waals surface area contributed by atoms with E-state index in [4.69, 9.17) is 10.5 Å². The molecule has 1 saturated heterocycles. The number of nitrogens with one attached hydrogen (secondary N) is 1. The Morgan fingerprint density at radius 3 is 2.69 bits per heavy atom. The van der Waals surface area contributed by atoms with Crippen molar-refractivity contribution in [3.05, 3.63) is 0 Å². The van der Waals surface area contributed by atoms with Gasteiger partial charge in [-0.25, -0.2) is 0 Å². The van der Waals surface area contributed by atoms with Crippen molar-refractivity contribution in [2.24, 2.45) is 17.6 Å². The molecular weight excluding hydrogens is 200 g/mol. The quantitative estimate of drug-likeness (QED) is 0.764. The first-order valence-corrected chi connectivity index (χ1v) is 6.86. The van der Waals surface area contributed by atoms with Gasteiger partial charge in [-0.1, -0.05) is 12.8 Å². The molecule has 1 saturated carbocycles. The fourth-order valence-electron chi connectivity index (χ4n) is 3.11.